The number of halogens is 2. The lowest BCUT2D eigenvalue weighted by molar-refractivity contribution is 0.308. The molecule has 0 saturated heterocycles. The van der Waals surface area contributed by atoms with E-state index in [1.54, 1.807) is 6.07 Å². The first-order valence-corrected chi connectivity index (χ1v) is 5.25. The highest BCUT2D eigenvalue weighted by atomic mass is 79.9. The van der Waals surface area contributed by atoms with Crippen molar-refractivity contribution < 1.29 is 9.13 Å². The average Bonchev–Trinajstić information content (AvgIpc) is 2.11. The topological polar surface area (TPSA) is 21.3 Å². The molecule has 1 aromatic carbocycles. The maximum atomic E-state index is 12.9. The number of nitrogens with one attached hydrogen (secondary N) is 1. The zero-order chi connectivity index (χ0) is 10.4. The molecule has 0 aromatic heterocycles. The molecule has 1 N–H and O–H groups in total. The molecule has 78 valence electrons. The van der Waals surface area contributed by atoms with Crippen molar-refractivity contribution in [2.75, 3.05) is 20.2 Å². The predicted molar refractivity (Wildman–Crippen MR) is 58.1 cm³/mol. The van der Waals surface area contributed by atoms with E-state index in [4.69, 9.17) is 4.74 Å². The van der Waals surface area contributed by atoms with Gasteiger partial charge in [0.2, 0.25) is 0 Å². The third kappa shape index (κ3) is 4.07. The fourth-order valence-electron chi connectivity index (χ4n) is 1.05. The first kappa shape index (κ1) is 11.5. The van der Waals surface area contributed by atoms with Gasteiger partial charge >= 0.3 is 0 Å². The standard InChI is InChI=1S/C10H13BrFNO/c1-13-3-2-4-14-10-6-8(11)5-9(12)7-10/h5-7,13H,2-4H2,1H3. The quantitative estimate of drug-likeness (QED) is 0.823. The summed E-state index contributed by atoms with van der Waals surface area (Å²) in [7, 11) is 1.89. The van der Waals surface area contributed by atoms with Gasteiger partial charge in [0, 0.05) is 10.5 Å². The maximum absolute atomic E-state index is 12.9. The zero-order valence-electron chi connectivity index (χ0n) is 8.02. The van der Waals surface area contributed by atoms with Gasteiger partial charge in [-0.1, -0.05) is 15.9 Å². The summed E-state index contributed by atoms with van der Waals surface area (Å²) in [5.74, 6) is 0.274. The lowest BCUT2D eigenvalue weighted by Gasteiger charge is -2.06. The molecule has 4 heteroatoms. The van der Waals surface area contributed by atoms with E-state index in [0.29, 0.717) is 16.8 Å². The Bertz CT molecular complexity index is 273. The van der Waals surface area contributed by atoms with Gasteiger partial charge in [-0.2, -0.15) is 0 Å². The van der Waals surface area contributed by atoms with E-state index in [2.05, 4.69) is 21.2 Å². The third-order valence-corrected chi connectivity index (χ3v) is 2.13. The van der Waals surface area contributed by atoms with Gasteiger partial charge in [0.15, 0.2) is 0 Å². The lowest BCUT2D eigenvalue weighted by atomic mass is 10.3. The highest BCUT2D eigenvalue weighted by molar-refractivity contribution is 9.10. The first-order valence-electron chi connectivity index (χ1n) is 4.46. The molecule has 0 aliphatic rings. The van der Waals surface area contributed by atoms with Crippen LogP contribution in [0.2, 0.25) is 0 Å². The van der Waals surface area contributed by atoms with Gasteiger partial charge in [-0.25, -0.2) is 4.39 Å². The van der Waals surface area contributed by atoms with E-state index in [1.165, 1.54) is 12.1 Å². The Morgan fingerprint density at radius 1 is 1.43 bits per heavy atom. The minimum Gasteiger partial charge on any atom is -0.493 e. The van der Waals surface area contributed by atoms with Crippen molar-refractivity contribution in [3.63, 3.8) is 0 Å². The van der Waals surface area contributed by atoms with E-state index in [1.807, 2.05) is 7.05 Å². The molecule has 0 aliphatic heterocycles. The Labute approximate surface area is 91.6 Å². The van der Waals surface area contributed by atoms with Crippen LogP contribution in [-0.2, 0) is 0 Å². The van der Waals surface area contributed by atoms with Crippen LogP contribution >= 0.6 is 15.9 Å². The number of hydrogen-bond donors (Lipinski definition) is 1. The second-order valence-corrected chi connectivity index (χ2v) is 3.83. The molecule has 0 saturated carbocycles. The molecular formula is C10H13BrFNO. The van der Waals surface area contributed by atoms with E-state index in [-0.39, 0.29) is 5.82 Å². The molecule has 0 amide bonds. The molecule has 0 bridgehead atoms. The highest BCUT2D eigenvalue weighted by Gasteiger charge is 1.99. The van der Waals surface area contributed by atoms with Crippen LogP contribution in [0.5, 0.6) is 5.75 Å². The Kier molecular flexibility index (Phi) is 4.90. The Balaban J connectivity index is 2.42. The van der Waals surface area contributed by atoms with Crippen molar-refractivity contribution in [3.05, 3.63) is 28.5 Å². The summed E-state index contributed by atoms with van der Waals surface area (Å²) in [5, 5.41) is 3.01. The summed E-state index contributed by atoms with van der Waals surface area (Å²) in [6, 6.07) is 4.53. The van der Waals surface area contributed by atoms with Crippen molar-refractivity contribution in [2.24, 2.45) is 0 Å². The van der Waals surface area contributed by atoms with Crippen LogP contribution in [0.3, 0.4) is 0 Å². The maximum Gasteiger partial charge on any atom is 0.128 e. The van der Waals surface area contributed by atoms with E-state index in [0.717, 1.165) is 13.0 Å². The molecule has 0 aliphatic carbocycles. The van der Waals surface area contributed by atoms with Crippen LogP contribution in [0.4, 0.5) is 4.39 Å². The van der Waals surface area contributed by atoms with Crippen LogP contribution in [0.25, 0.3) is 0 Å². The van der Waals surface area contributed by atoms with Gasteiger partial charge in [-0.3, -0.25) is 0 Å². The summed E-state index contributed by atoms with van der Waals surface area (Å²) in [6.07, 6.45) is 0.907. The fourth-order valence-corrected chi connectivity index (χ4v) is 1.50. The summed E-state index contributed by atoms with van der Waals surface area (Å²) in [6.45, 7) is 1.49. The fraction of sp³-hybridized carbons (Fsp3) is 0.400. The predicted octanol–water partition coefficient (Wildman–Crippen LogP) is 2.58. The molecule has 0 radical (unpaired) electrons. The van der Waals surface area contributed by atoms with Gasteiger partial charge < -0.3 is 10.1 Å². The molecule has 0 heterocycles. The van der Waals surface area contributed by atoms with E-state index in [9.17, 15) is 4.39 Å². The number of rotatable bonds is 5. The van der Waals surface area contributed by atoms with Crippen molar-refractivity contribution in [1.29, 1.82) is 0 Å². The first-order chi connectivity index (χ1) is 6.72. The molecule has 0 atom stereocenters. The summed E-state index contributed by atoms with van der Waals surface area (Å²) < 4.78 is 18.9. The third-order valence-electron chi connectivity index (χ3n) is 1.68. The van der Waals surface area contributed by atoms with Crippen LogP contribution in [0, 0.1) is 5.82 Å². The second kappa shape index (κ2) is 5.98. The van der Waals surface area contributed by atoms with Crippen LogP contribution in [0.1, 0.15) is 6.42 Å². The minimum absolute atomic E-state index is 0.289. The molecule has 14 heavy (non-hydrogen) atoms. The molecular weight excluding hydrogens is 249 g/mol. The summed E-state index contributed by atoms with van der Waals surface area (Å²) in [4.78, 5) is 0. The normalized spacial score (nSPS) is 10.2. The molecule has 0 spiro atoms. The highest BCUT2D eigenvalue weighted by Crippen LogP contribution is 2.20. The molecule has 1 aromatic rings. The summed E-state index contributed by atoms with van der Waals surface area (Å²) in [5.41, 5.74) is 0. The number of benzene rings is 1. The van der Waals surface area contributed by atoms with Gasteiger partial charge in [0.25, 0.3) is 0 Å². The SMILES string of the molecule is CNCCCOc1cc(F)cc(Br)c1. The number of hydrogen-bond acceptors (Lipinski definition) is 2. The Morgan fingerprint density at radius 2 is 2.21 bits per heavy atom. The second-order valence-electron chi connectivity index (χ2n) is 2.91. The largest absolute Gasteiger partial charge is 0.493 e. The molecule has 1 rings (SSSR count). The average molecular weight is 262 g/mol. The van der Waals surface area contributed by atoms with E-state index >= 15 is 0 Å². The van der Waals surface area contributed by atoms with Crippen molar-refractivity contribution >= 4 is 15.9 Å². The van der Waals surface area contributed by atoms with Gasteiger partial charge in [-0.15, -0.1) is 0 Å². The van der Waals surface area contributed by atoms with Crippen LogP contribution in [0.15, 0.2) is 22.7 Å². The van der Waals surface area contributed by atoms with E-state index < -0.39 is 0 Å². The molecule has 0 unspecified atom stereocenters. The van der Waals surface area contributed by atoms with Crippen LogP contribution < -0.4 is 10.1 Å². The summed E-state index contributed by atoms with van der Waals surface area (Å²) >= 11 is 3.20. The van der Waals surface area contributed by atoms with Crippen molar-refractivity contribution in [2.45, 2.75) is 6.42 Å². The lowest BCUT2D eigenvalue weighted by Crippen LogP contribution is -2.11. The van der Waals surface area contributed by atoms with Crippen LogP contribution in [-0.4, -0.2) is 20.2 Å². The zero-order valence-corrected chi connectivity index (χ0v) is 9.60. The van der Waals surface area contributed by atoms with Crippen molar-refractivity contribution in [1.82, 2.24) is 5.32 Å². The Morgan fingerprint density at radius 3 is 2.86 bits per heavy atom. The minimum atomic E-state index is -0.289. The van der Waals surface area contributed by atoms with Gasteiger partial charge in [-0.05, 0) is 32.1 Å². The van der Waals surface area contributed by atoms with Crippen molar-refractivity contribution in [3.8, 4) is 5.75 Å². The Hall–Kier alpha value is -0.610. The smallest absolute Gasteiger partial charge is 0.128 e. The molecule has 2 nitrogen and oxygen atoms in total. The molecule has 0 fully saturated rings. The van der Waals surface area contributed by atoms with Gasteiger partial charge in [0.1, 0.15) is 11.6 Å². The number of ether oxygens (including phenoxy) is 1. The monoisotopic (exact) mass is 261 g/mol. The van der Waals surface area contributed by atoms with Gasteiger partial charge in [0.05, 0.1) is 6.61 Å².